The predicted molar refractivity (Wildman–Crippen MR) is 120 cm³/mol. The van der Waals surface area contributed by atoms with Gasteiger partial charge in [-0.25, -0.2) is 4.98 Å². The fourth-order valence-corrected chi connectivity index (χ4v) is 4.47. The summed E-state index contributed by atoms with van der Waals surface area (Å²) in [7, 11) is 0. The largest absolute Gasteiger partial charge is 0.416 e. The molecule has 0 N–H and O–H groups in total. The molecule has 4 nitrogen and oxygen atoms in total. The lowest BCUT2D eigenvalue weighted by molar-refractivity contribution is -0.137. The summed E-state index contributed by atoms with van der Waals surface area (Å²) in [5.41, 5.74) is 2.25. The van der Waals surface area contributed by atoms with E-state index in [1.54, 1.807) is 6.07 Å². The lowest BCUT2D eigenvalue weighted by atomic mass is 9.95. The van der Waals surface area contributed by atoms with Crippen LogP contribution < -0.4 is 0 Å². The Hall–Kier alpha value is -2.38. The van der Waals surface area contributed by atoms with Crippen molar-refractivity contribution in [2.24, 2.45) is 0 Å². The molecule has 3 aromatic rings. The van der Waals surface area contributed by atoms with Gasteiger partial charge in [-0.1, -0.05) is 30.3 Å². The van der Waals surface area contributed by atoms with Crippen LogP contribution in [0, 0.1) is 0 Å². The molecular formula is C25H30F3N3O. The number of piperidine rings is 1. The zero-order chi connectivity index (χ0) is 22.7. The molecule has 0 atom stereocenters. The van der Waals surface area contributed by atoms with Crippen LogP contribution in [0.3, 0.4) is 0 Å². The molecule has 172 valence electrons. The van der Waals surface area contributed by atoms with E-state index in [1.165, 1.54) is 12.1 Å². The molecule has 0 aliphatic carbocycles. The van der Waals surface area contributed by atoms with Crippen LogP contribution >= 0.6 is 0 Å². The van der Waals surface area contributed by atoms with Crippen molar-refractivity contribution < 1.29 is 17.9 Å². The molecule has 0 radical (unpaired) electrons. The quantitative estimate of drug-likeness (QED) is 0.456. The minimum absolute atomic E-state index is 0.187. The topological polar surface area (TPSA) is 30.3 Å². The number of fused-ring (bicyclic) bond motifs is 1. The van der Waals surface area contributed by atoms with Crippen LogP contribution in [0.5, 0.6) is 0 Å². The van der Waals surface area contributed by atoms with Crippen LogP contribution in [0.1, 0.15) is 49.6 Å². The maximum atomic E-state index is 13.0. The van der Waals surface area contributed by atoms with E-state index in [-0.39, 0.29) is 6.10 Å². The van der Waals surface area contributed by atoms with Crippen molar-refractivity contribution in [2.75, 3.05) is 19.7 Å². The fourth-order valence-electron chi connectivity index (χ4n) is 4.47. The molecule has 1 aliphatic rings. The maximum Gasteiger partial charge on any atom is 0.416 e. The van der Waals surface area contributed by atoms with Crippen LogP contribution in [0.2, 0.25) is 0 Å². The molecular weight excluding hydrogens is 415 g/mol. The fraction of sp³-hybridized carbons (Fsp3) is 0.480. The summed E-state index contributed by atoms with van der Waals surface area (Å²) in [4.78, 5) is 7.18. The number of alkyl halides is 3. The Kier molecular flexibility index (Phi) is 6.86. The molecule has 0 spiro atoms. The van der Waals surface area contributed by atoms with Gasteiger partial charge in [0, 0.05) is 19.0 Å². The number of hydrogen-bond donors (Lipinski definition) is 0. The summed E-state index contributed by atoms with van der Waals surface area (Å²) in [5.74, 6) is 1.43. The van der Waals surface area contributed by atoms with Crippen molar-refractivity contribution >= 4 is 11.0 Å². The Morgan fingerprint density at radius 2 is 1.81 bits per heavy atom. The van der Waals surface area contributed by atoms with E-state index in [0.717, 1.165) is 55.4 Å². The number of aromatic nitrogens is 2. The number of nitrogens with zero attached hydrogens (tertiary/aromatic N) is 3. The summed E-state index contributed by atoms with van der Waals surface area (Å²) in [6, 6.07) is 13.8. The first-order chi connectivity index (χ1) is 15.3. The third-order valence-corrected chi connectivity index (χ3v) is 6.06. The molecule has 32 heavy (non-hydrogen) atoms. The maximum absolute atomic E-state index is 13.0. The monoisotopic (exact) mass is 445 g/mol. The number of halogens is 3. The average Bonchev–Trinajstić information content (AvgIpc) is 3.12. The third-order valence-electron chi connectivity index (χ3n) is 6.06. The van der Waals surface area contributed by atoms with Crippen molar-refractivity contribution in [3.63, 3.8) is 0 Å². The number of imidazole rings is 1. The molecule has 7 heteroatoms. The Labute approximate surface area is 187 Å². The second-order valence-electron chi connectivity index (χ2n) is 8.78. The highest BCUT2D eigenvalue weighted by molar-refractivity contribution is 5.76. The van der Waals surface area contributed by atoms with Crippen LogP contribution in [0.4, 0.5) is 13.2 Å². The van der Waals surface area contributed by atoms with Crippen molar-refractivity contribution in [1.82, 2.24) is 14.5 Å². The second-order valence-corrected chi connectivity index (χ2v) is 8.78. The Balaban J connectivity index is 1.44. The van der Waals surface area contributed by atoms with Gasteiger partial charge < -0.3 is 9.30 Å². The van der Waals surface area contributed by atoms with Crippen LogP contribution in [0.15, 0.2) is 48.5 Å². The number of benzene rings is 2. The molecule has 1 saturated heterocycles. The Morgan fingerprint density at radius 3 is 2.53 bits per heavy atom. The summed E-state index contributed by atoms with van der Waals surface area (Å²) >= 11 is 0. The number of rotatable bonds is 7. The van der Waals surface area contributed by atoms with E-state index in [9.17, 15) is 13.2 Å². The van der Waals surface area contributed by atoms with Gasteiger partial charge in [0.15, 0.2) is 0 Å². The summed E-state index contributed by atoms with van der Waals surface area (Å²) in [6.07, 6.45) is -2.24. The molecule has 2 aromatic carbocycles. The number of likely N-dealkylation sites (tertiary alicyclic amines) is 1. The van der Waals surface area contributed by atoms with Gasteiger partial charge in [-0.2, -0.15) is 13.2 Å². The van der Waals surface area contributed by atoms with E-state index >= 15 is 0 Å². The predicted octanol–water partition coefficient (Wildman–Crippen LogP) is 5.86. The molecule has 2 heterocycles. The van der Waals surface area contributed by atoms with E-state index in [1.807, 2.05) is 32.0 Å². The lowest BCUT2D eigenvalue weighted by Crippen LogP contribution is -2.33. The first-order valence-electron chi connectivity index (χ1n) is 11.3. The second kappa shape index (κ2) is 9.63. The first kappa shape index (κ1) is 22.8. The highest BCUT2D eigenvalue weighted by Gasteiger charge is 2.31. The molecule has 0 bridgehead atoms. The van der Waals surface area contributed by atoms with Gasteiger partial charge in [0.2, 0.25) is 0 Å². The normalized spacial score (nSPS) is 16.3. The zero-order valence-corrected chi connectivity index (χ0v) is 18.6. The number of ether oxygens (including phenoxy) is 1. The standard InChI is InChI=1S/C25H30F3N3O/c1-18(2)32-15-14-31-23-9-4-3-8-22(23)29-24(31)20-10-12-30(13-11-20)17-19-6-5-7-21(16-19)25(26,27)28/h3-9,16,18,20H,10-15,17H2,1-2H3. The van der Waals surface area contributed by atoms with Crippen molar-refractivity contribution in [3.8, 4) is 0 Å². The molecule has 0 saturated carbocycles. The van der Waals surface area contributed by atoms with E-state index in [0.29, 0.717) is 24.6 Å². The van der Waals surface area contributed by atoms with Gasteiger partial charge in [-0.3, -0.25) is 4.90 Å². The average molecular weight is 446 g/mol. The molecule has 1 aliphatic heterocycles. The van der Waals surface area contributed by atoms with Crippen LogP contribution in [-0.4, -0.2) is 40.3 Å². The minimum Gasteiger partial charge on any atom is -0.377 e. The summed E-state index contributed by atoms with van der Waals surface area (Å²) in [5, 5.41) is 0. The molecule has 1 aromatic heterocycles. The van der Waals surface area contributed by atoms with E-state index in [2.05, 4.69) is 15.5 Å². The van der Waals surface area contributed by atoms with Gasteiger partial charge >= 0.3 is 6.18 Å². The van der Waals surface area contributed by atoms with E-state index < -0.39 is 11.7 Å². The van der Waals surface area contributed by atoms with Crippen LogP contribution in [0.25, 0.3) is 11.0 Å². The van der Waals surface area contributed by atoms with Gasteiger partial charge in [0.05, 0.1) is 29.3 Å². The first-order valence-corrected chi connectivity index (χ1v) is 11.3. The Bertz CT molecular complexity index is 1040. The van der Waals surface area contributed by atoms with Gasteiger partial charge in [0.1, 0.15) is 5.82 Å². The summed E-state index contributed by atoms with van der Waals surface area (Å²) < 4.78 is 47.1. The van der Waals surface area contributed by atoms with Gasteiger partial charge in [-0.05, 0) is 63.5 Å². The minimum atomic E-state index is -4.30. The van der Waals surface area contributed by atoms with Crippen molar-refractivity contribution in [1.29, 1.82) is 0 Å². The highest BCUT2D eigenvalue weighted by atomic mass is 19.4. The lowest BCUT2D eigenvalue weighted by Gasteiger charge is -2.32. The third kappa shape index (κ3) is 5.33. The highest BCUT2D eigenvalue weighted by Crippen LogP contribution is 2.32. The number of hydrogen-bond acceptors (Lipinski definition) is 3. The summed E-state index contributed by atoms with van der Waals surface area (Å²) in [6.45, 7) is 7.69. The molecule has 0 amide bonds. The zero-order valence-electron chi connectivity index (χ0n) is 18.6. The van der Waals surface area contributed by atoms with Gasteiger partial charge in [-0.15, -0.1) is 0 Å². The number of para-hydroxylation sites is 2. The molecule has 1 fully saturated rings. The van der Waals surface area contributed by atoms with Gasteiger partial charge in [0.25, 0.3) is 0 Å². The van der Waals surface area contributed by atoms with E-state index in [4.69, 9.17) is 9.72 Å². The van der Waals surface area contributed by atoms with Crippen molar-refractivity contribution in [3.05, 3.63) is 65.5 Å². The van der Waals surface area contributed by atoms with Crippen LogP contribution in [-0.2, 0) is 24.0 Å². The Morgan fingerprint density at radius 1 is 1.06 bits per heavy atom. The smallest absolute Gasteiger partial charge is 0.377 e. The van der Waals surface area contributed by atoms with Crippen molar-refractivity contribution in [2.45, 2.75) is 58.0 Å². The SMILES string of the molecule is CC(C)OCCn1c(C2CCN(Cc3cccc(C(F)(F)F)c3)CC2)nc2ccccc21. The molecule has 0 unspecified atom stereocenters. The molecule has 4 rings (SSSR count).